The Morgan fingerprint density at radius 1 is 1.50 bits per heavy atom. The third-order valence-corrected chi connectivity index (χ3v) is 3.88. The third kappa shape index (κ3) is 4.31. The number of carbonyl (C=O) groups is 2. The first kappa shape index (κ1) is 16.1. The molecule has 0 aliphatic carbocycles. The molecule has 1 aromatic rings. The monoisotopic (exact) mass is 305 g/mol. The molecule has 0 aliphatic heterocycles. The summed E-state index contributed by atoms with van der Waals surface area (Å²) < 4.78 is 30.9. The standard InChI is InChI=1S/C10H15N3O6S/c1-2-8(20(17,18)19)9(14)13-7(10(15)16)3-6-4-11-5-12-6/h4-5,7-8H,2-3H2,1H3,(H,11,12)(H,13,14)(H,15,16)(H,17,18,19)/t7-,8?/m0/s1. The van der Waals surface area contributed by atoms with E-state index >= 15 is 0 Å². The fraction of sp³-hybridized carbons (Fsp3) is 0.500. The third-order valence-electron chi connectivity index (χ3n) is 2.62. The van der Waals surface area contributed by atoms with E-state index in [-0.39, 0.29) is 12.8 Å². The molecule has 10 heteroatoms. The number of nitrogens with one attached hydrogen (secondary N) is 2. The summed E-state index contributed by atoms with van der Waals surface area (Å²) in [6.45, 7) is 1.39. The van der Waals surface area contributed by atoms with Crippen LogP contribution in [0.4, 0.5) is 0 Å². The first-order valence-electron chi connectivity index (χ1n) is 5.72. The average Bonchev–Trinajstić information content (AvgIpc) is 2.79. The molecule has 0 radical (unpaired) electrons. The van der Waals surface area contributed by atoms with Gasteiger partial charge in [-0.1, -0.05) is 6.92 Å². The van der Waals surface area contributed by atoms with E-state index in [1.165, 1.54) is 19.4 Å². The normalized spacial score (nSPS) is 14.5. The quantitative estimate of drug-likeness (QED) is 0.481. The molecule has 2 atom stereocenters. The van der Waals surface area contributed by atoms with E-state index in [1.54, 1.807) is 0 Å². The number of amides is 1. The second-order valence-electron chi connectivity index (χ2n) is 4.09. The van der Waals surface area contributed by atoms with Gasteiger partial charge in [0.25, 0.3) is 10.1 Å². The van der Waals surface area contributed by atoms with Gasteiger partial charge in [-0.3, -0.25) is 9.35 Å². The molecule has 0 spiro atoms. The number of aromatic nitrogens is 2. The Morgan fingerprint density at radius 2 is 2.15 bits per heavy atom. The summed E-state index contributed by atoms with van der Waals surface area (Å²) >= 11 is 0. The van der Waals surface area contributed by atoms with Crippen molar-refractivity contribution in [3.05, 3.63) is 18.2 Å². The molecule has 1 amide bonds. The van der Waals surface area contributed by atoms with Crippen LogP contribution < -0.4 is 5.32 Å². The van der Waals surface area contributed by atoms with Crippen molar-refractivity contribution < 1.29 is 27.7 Å². The number of carboxylic acid groups (broad SMARTS) is 1. The predicted octanol–water partition coefficient (Wildman–Crippen LogP) is -0.812. The van der Waals surface area contributed by atoms with E-state index in [0.717, 1.165) is 0 Å². The average molecular weight is 305 g/mol. The Bertz CT molecular complexity index is 568. The molecule has 0 aromatic carbocycles. The molecule has 0 saturated carbocycles. The van der Waals surface area contributed by atoms with Gasteiger partial charge in [0.2, 0.25) is 5.91 Å². The fourth-order valence-corrected chi connectivity index (χ4v) is 2.37. The van der Waals surface area contributed by atoms with Crippen molar-refractivity contribution in [3.63, 3.8) is 0 Å². The number of H-pyrrole nitrogens is 1. The van der Waals surface area contributed by atoms with Crippen LogP contribution in [0.1, 0.15) is 19.0 Å². The van der Waals surface area contributed by atoms with Gasteiger partial charge >= 0.3 is 5.97 Å². The summed E-state index contributed by atoms with van der Waals surface area (Å²) in [6.07, 6.45) is 2.50. The van der Waals surface area contributed by atoms with Crippen LogP contribution in [0.25, 0.3) is 0 Å². The second-order valence-corrected chi connectivity index (χ2v) is 5.69. The summed E-state index contributed by atoms with van der Waals surface area (Å²) in [5, 5.41) is 9.42. The minimum Gasteiger partial charge on any atom is -0.480 e. The summed E-state index contributed by atoms with van der Waals surface area (Å²) in [5.74, 6) is -2.37. The molecule has 20 heavy (non-hydrogen) atoms. The fourth-order valence-electron chi connectivity index (χ4n) is 1.61. The molecule has 1 aromatic heterocycles. The van der Waals surface area contributed by atoms with Crippen molar-refractivity contribution in [3.8, 4) is 0 Å². The van der Waals surface area contributed by atoms with Crippen molar-refractivity contribution in [2.45, 2.75) is 31.1 Å². The molecule has 4 N–H and O–H groups in total. The zero-order chi connectivity index (χ0) is 15.3. The van der Waals surface area contributed by atoms with Gasteiger partial charge in [0.15, 0.2) is 5.25 Å². The Kier molecular flexibility index (Phi) is 5.22. The SMILES string of the molecule is CCC(C(=O)N[C@@H](Cc1cnc[nH]1)C(=O)O)S(=O)(=O)O. The lowest BCUT2D eigenvalue weighted by atomic mass is 10.1. The molecular weight excluding hydrogens is 290 g/mol. The predicted molar refractivity (Wildman–Crippen MR) is 67.5 cm³/mol. The Morgan fingerprint density at radius 3 is 2.55 bits per heavy atom. The Hall–Kier alpha value is -1.94. The van der Waals surface area contributed by atoms with Crippen molar-refractivity contribution in [1.29, 1.82) is 0 Å². The lowest BCUT2D eigenvalue weighted by Gasteiger charge is -2.17. The number of aliphatic carboxylic acids is 1. The van der Waals surface area contributed by atoms with E-state index in [9.17, 15) is 18.0 Å². The summed E-state index contributed by atoms with van der Waals surface area (Å²) in [7, 11) is -4.57. The Balaban J connectivity index is 2.80. The summed E-state index contributed by atoms with van der Waals surface area (Å²) in [5.41, 5.74) is 0.470. The van der Waals surface area contributed by atoms with Gasteiger partial charge in [0, 0.05) is 18.3 Å². The maximum Gasteiger partial charge on any atom is 0.326 e. The van der Waals surface area contributed by atoms with Crippen LogP contribution in [0, 0.1) is 0 Å². The van der Waals surface area contributed by atoms with Crippen molar-refractivity contribution >= 4 is 22.0 Å². The minimum absolute atomic E-state index is 0.0804. The molecule has 0 saturated heterocycles. The zero-order valence-corrected chi connectivity index (χ0v) is 11.4. The molecule has 9 nitrogen and oxygen atoms in total. The second kappa shape index (κ2) is 6.48. The number of aromatic amines is 1. The van der Waals surface area contributed by atoms with Crippen LogP contribution in [0.5, 0.6) is 0 Å². The van der Waals surface area contributed by atoms with Crippen molar-refractivity contribution in [2.24, 2.45) is 0 Å². The summed E-state index contributed by atoms with van der Waals surface area (Å²) in [4.78, 5) is 29.2. The van der Waals surface area contributed by atoms with E-state index in [4.69, 9.17) is 9.66 Å². The largest absolute Gasteiger partial charge is 0.480 e. The number of carbonyl (C=O) groups excluding carboxylic acids is 1. The molecule has 0 fully saturated rings. The highest BCUT2D eigenvalue weighted by molar-refractivity contribution is 7.87. The maximum absolute atomic E-state index is 11.7. The molecule has 1 unspecified atom stereocenters. The number of imidazole rings is 1. The van der Waals surface area contributed by atoms with E-state index in [2.05, 4.69) is 15.3 Å². The molecule has 0 aliphatic rings. The molecular formula is C10H15N3O6S. The van der Waals surface area contributed by atoms with E-state index in [0.29, 0.717) is 5.69 Å². The highest BCUT2D eigenvalue weighted by Gasteiger charge is 2.32. The van der Waals surface area contributed by atoms with Gasteiger partial charge < -0.3 is 15.4 Å². The lowest BCUT2D eigenvalue weighted by Crippen LogP contribution is -2.48. The van der Waals surface area contributed by atoms with Crippen molar-refractivity contribution in [2.75, 3.05) is 0 Å². The lowest BCUT2D eigenvalue weighted by molar-refractivity contribution is -0.141. The van der Waals surface area contributed by atoms with Crippen LogP contribution in [0.15, 0.2) is 12.5 Å². The number of hydrogen-bond donors (Lipinski definition) is 4. The van der Waals surface area contributed by atoms with Gasteiger partial charge in [-0.2, -0.15) is 8.42 Å². The Labute approximate surface area is 115 Å². The molecule has 112 valence electrons. The minimum atomic E-state index is -4.57. The molecule has 0 bridgehead atoms. The first-order chi connectivity index (χ1) is 9.25. The van der Waals surface area contributed by atoms with Gasteiger partial charge in [-0.25, -0.2) is 9.78 Å². The van der Waals surface area contributed by atoms with Crippen LogP contribution in [-0.4, -0.2) is 51.2 Å². The van der Waals surface area contributed by atoms with Gasteiger partial charge in [-0.05, 0) is 6.42 Å². The topological polar surface area (TPSA) is 149 Å². The van der Waals surface area contributed by atoms with Crippen molar-refractivity contribution in [1.82, 2.24) is 15.3 Å². The van der Waals surface area contributed by atoms with Crippen LogP contribution >= 0.6 is 0 Å². The van der Waals surface area contributed by atoms with Crippen LogP contribution in [0.3, 0.4) is 0 Å². The summed E-state index contributed by atoms with van der Waals surface area (Å²) in [6, 6.07) is -1.32. The highest BCUT2D eigenvalue weighted by Crippen LogP contribution is 2.06. The first-order valence-corrected chi connectivity index (χ1v) is 7.22. The zero-order valence-electron chi connectivity index (χ0n) is 10.6. The van der Waals surface area contributed by atoms with Gasteiger partial charge in [0.05, 0.1) is 6.33 Å². The van der Waals surface area contributed by atoms with E-state index in [1.807, 2.05) is 0 Å². The van der Waals surface area contributed by atoms with Crippen LogP contribution in [-0.2, 0) is 26.1 Å². The van der Waals surface area contributed by atoms with Crippen LogP contribution in [0.2, 0.25) is 0 Å². The molecule has 1 heterocycles. The van der Waals surface area contributed by atoms with E-state index < -0.39 is 33.3 Å². The van der Waals surface area contributed by atoms with Gasteiger partial charge in [-0.15, -0.1) is 0 Å². The number of hydrogen-bond acceptors (Lipinski definition) is 5. The smallest absolute Gasteiger partial charge is 0.326 e. The highest BCUT2D eigenvalue weighted by atomic mass is 32.2. The van der Waals surface area contributed by atoms with Gasteiger partial charge in [0.1, 0.15) is 6.04 Å². The number of carboxylic acids is 1. The number of nitrogens with zero attached hydrogens (tertiary/aromatic N) is 1. The molecule has 1 rings (SSSR count). The maximum atomic E-state index is 11.7. The number of rotatable bonds is 7.